The second-order valence-electron chi connectivity index (χ2n) is 8.89. The number of rotatable bonds is 11. The van der Waals surface area contributed by atoms with Crippen molar-refractivity contribution in [1.29, 1.82) is 0 Å². The summed E-state index contributed by atoms with van der Waals surface area (Å²) in [6, 6.07) is 9.26. The fraction of sp³-hybridized carbons (Fsp3) is 0.440. The number of nitrogens with one attached hydrogen (secondary N) is 1. The van der Waals surface area contributed by atoms with Crippen molar-refractivity contribution in [1.82, 2.24) is 10.2 Å². The molecule has 0 saturated heterocycles. The predicted octanol–water partition coefficient (Wildman–Crippen LogP) is 5.04. The Morgan fingerprint density at radius 3 is 2.37 bits per heavy atom. The number of carboxylic acid groups (broad SMARTS) is 1. The van der Waals surface area contributed by atoms with Crippen LogP contribution in [0.1, 0.15) is 44.9 Å². The molecule has 1 atom stereocenters. The normalized spacial score (nSPS) is 12.1. The zero-order valence-corrected chi connectivity index (χ0v) is 21.3. The number of hydrogen-bond donors (Lipinski definition) is 2. The van der Waals surface area contributed by atoms with Gasteiger partial charge in [-0.25, -0.2) is 9.18 Å². The van der Waals surface area contributed by atoms with Gasteiger partial charge in [0.2, 0.25) is 0 Å². The van der Waals surface area contributed by atoms with E-state index in [1.807, 2.05) is 6.92 Å². The van der Waals surface area contributed by atoms with Gasteiger partial charge in [-0.3, -0.25) is 9.69 Å². The summed E-state index contributed by atoms with van der Waals surface area (Å²) < 4.78 is 30.4. The lowest BCUT2D eigenvalue weighted by molar-refractivity contribution is -0.138. The third-order valence-corrected chi connectivity index (χ3v) is 5.25. The Morgan fingerprint density at radius 1 is 1.17 bits per heavy atom. The number of hydrogen-bond acceptors (Lipinski definition) is 6. The standard InChI is InChI=1S/C25H32ClFN2O6/c1-16(28-10-11-29(14-23(30)31)24(32)35-25(2,3)4)20-12-17(27)13-22(26)21(20)15-34-19-8-6-18(33-5)7-9-19/h6-9,12-13,16,28H,10-11,14-15H2,1-5H3,(H,30,31). The number of aliphatic carboxylic acids is 1. The number of ether oxygens (including phenoxy) is 3. The monoisotopic (exact) mass is 510 g/mol. The predicted molar refractivity (Wildman–Crippen MR) is 131 cm³/mol. The first-order valence-corrected chi connectivity index (χ1v) is 11.4. The van der Waals surface area contributed by atoms with E-state index in [2.05, 4.69) is 5.32 Å². The minimum atomic E-state index is -1.15. The minimum absolute atomic E-state index is 0.0757. The molecule has 2 aromatic carbocycles. The summed E-state index contributed by atoms with van der Waals surface area (Å²) in [4.78, 5) is 24.7. The minimum Gasteiger partial charge on any atom is -0.497 e. The van der Waals surface area contributed by atoms with Crippen molar-refractivity contribution in [2.45, 2.75) is 45.9 Å². The molecule has 0 heterocycles. The van der Waals surface area contributed by atoms with Crippen molar-refractivity contribution < 1.29 is 33.3 Å². The first kappa shape index (κ1) is 28.2. The summed E-state index contributed by atoms with van der Waals surface area (Å²) in [5, 5.41) is 12.6. The lowest BCUT2D eigenvalue weighted by atomic mass is 10.0. The van der Waals surface area contributed by atoms with E-state index in [1.165, 1.54) is 12.1 Å². The third kappa shape index (κ3) is 9.26. The molecule has 1 amide bonds. The molecule has 35 heavy (non-hydrogen) atoms. The first-order chi connectivity index (χ1) is 16.4. The van der Waals surface area contributed by atoms with Crippen LogP contribution in [0.4, 0.5) is 9.18 Å². The summed E-state index contributed by atoms with van der Waals surface area (Å²) >= 11 is 6.34. The highest BCUT2D eigenvalue weighted by Gasteiger charge is 2.24. The van der Waals surface area contributed by atoms with Crippen LogP contribution in [0.5, 0.6) is 11.5 Å². The van der Waals surface area contributed by atoms with E-state index in [1.54, 1.807) is 52.1 Å². The maximum Gasteiger partial charge on any atom is 0.410 e. The van der Waals surface area contributed by atoms with Gasteiger partial charge in [0.15, 0.2) is 0 Å². The molecule has 0 aromatic heterocycles. The van der Waals surface area contributed by atoms with E-state index >= 15 is 0 Å². The van der Waals surface area contributed by atoms with Gasteiger partial charge in [-0.2, -0.15) is 0 Å². The van der Waals surface area contributed by atoms with Crippen LogP contribution in [0.3, 0.4) is 0 Å². The number of carbonyl (C=O) groups excluding carboxylic acids is 1. The summed E-state index contributed by atoms with van der Waals surface area (Å²) in [6.45, 7) is 6.84. The average Bonchev–Trinajstić information content (AvgIpc) is 2.76. The lowest BCUT2D eigenvalue weighted by Gasteiger charge is -2.27. The van der Waals surface area contributed by atoms with Gasteiger partial charge in [0.05, 0.1) is 12.1 Å². The molecule has 0 aliphatic heterocycles. The fourth-order valence-corrected chi connectivity index (χ4v) is 3.51. The second kappa shape index (κ2) is 12.6. The van der Waals surface area contributed by atoms with Crippen LogP contribution < -0.4 is 14.8 Å². The zero-order chi connectivity index (χ0) is 26.2. The number of amides is 1. The highest BCUT2D eigenvalue weighted by atomic mass is 35.5. The molecule has 8 nitrogen and oxygen atoms in total. The summed E-state index contributed by atoms with van der Waals surface area (Å²) in [5.74, 6) is -0.356. The van der Waals surface area contributed by atoms with Gasteiger partial charge in [-0.15, -0.1) is 0 Å². The van der Waals surface area contributed by atoms with Gasteiger partial charge < -0.3 is 24.6 Å². The molecule has 0 bridgehead atoms. The van der Waals surface area contributed by atoms with Gasteiger partial charge in [0, 0.05) is 24.7 Å². The molecule has 192 valence electrons. The Balaban J connectivity index is 2.08. The molecule has 1 unspecified atom stereocenters. The number of halogens is 2. The number of methoxy groups -OCH3 is 1. The molecule has 0 spiro atoms. The Hall–Kier alpha value is -3.04. The zero-order valence-electron chi connectivity index (χ0n) is 20.6. The van der Waals surface area contributed by atoms with Crippen molar-refractivity contribution in [2.24, 2.45) is 0 Å². The van der Waals surface area contributed by atoms with Gasteiger partial charge >= 0.3 is 12.1 Å². The molecule has 0 saturated carbocycles. The van der Waals surface area contributed by atoms with E-state index in [-0.39, 0.29) is 30.8 Å². The van der Waals surface area contributed by atoms with E-state index in [0.717, 1.165) is 4.90 Å². The van der Waals surface area contributed by atoms with Crippen molar-refractivity contribution in [2.75, 3.05) is 26.7 Å². The number of carbonyl (C=O) groups is 2. The topological polar surface area (TPSA) is 97.3 Å². The van der Waals surface area contributed by atoms with Crippen LogP contribution >= 0.6 is 11.6 Å². The van der Waals surface area contributed by atoms with Crippen LogP contribution in [-0.2, 0) is 16.1 Å². The largest absolute Gasteiger partial charge is 0.497 e. The van der Waals surface area contributed by atoms with E-state index in [0.29, 0.717) is 22.6 Å². The lowest BCUT2D eigenvalue weighted by Crippen LogP contribution is -2.43. The summed E-state index contributed by atoms with van der Waals surface area (Å²) in [6.07, 6.45) is -0.725. The van der Waals surface area contributed by atoms with Crippen molar-refractivity contribution in [3.05, 3.63) is 58.4 Å². The summed E-state index contributed by atoms with van der Waals surface area (Å²) in [7, 11) is 1.57. The molecular formula is C25H32ClFN2O6. The Morgan fingerprint density at radius 2 is 1.80 bits per heavy atom. The molecule has 0 aliphatic rings. The van der Waals surface area contributed by atoms with E-state index in [9.17, 15) is 14.0 Å². The first-order valence-electron chi connectivity index (χ1n) is 11.1. The highest BCUT2D eigenvalue weighted by molar-refractivity contribution is 6.31. The third-order valence-electron chi connectivity index (χ3n) is 4.91. The van der Waals surface area contributed by atoms with Crippen LogP contribution in [0.25, 0.3) is 0 Å². The van der Waals surface area contributed by atoms with Crippen LogP contribution in [0.2, 0.25) is 5.02 Å². The molecule has 0 aliphatic carbocycles. The van der Waals surface area contributed by atoms with Crippen LogP contribution in [0, 0.1) is 5.82 Å². The Kier molecular flexibility index (Phi) is 10.2. The Bertz CT molecular complexity index is 1010. The molecule has 0 fully saturated rings. The number of nitrogens with zero attached hydrogens (tertiary/aromatic N) is 1. The smallest absolute Gasteiger partial charge is 0.410 e. The molecule has 2 rings (SSSR count). The molecule has 2 N–H and O–H groups in total. The summed E-state index contributed by atoms with van der Waals surface area (Å²) in [5.41, 5.74) is 0.440. The van der Waals surface area contributed by atoms with Crippen molar-refractivity contribution >= 4 is 23.7 Å². The van der Waals surface area contributed by atoms with Crippen LogP contribution in [-0.4, -0.2) is 54.4 Å². The quantitative estimate of drug-likeness (QED) is 0.437. The van der Waals surface area contributed by atoms with Gasteiger partial charge in [0.25, 0.3) is 0 Å². The van der Waals surface area contributed by atoms with Gasteiger partial charge in [0.1, 0.15) is 36.1 Å². The van der Waals surface area contributed by atoms with Crippen molar-refractivity contribution in [3.8, 4) is 11.5 Å². The van der Waals surface area contributed by atoms with Crippen LogP contribution in [0.15, 0.2) is 36.4 Å². The fourth-order valence-electron chi connectivity index (χ4n) is 3.24. The van der Waals surface area contributed by atoms with Gasteiger partial charge in [-0.05, 0) is 69.7 Å². The van der Waals surface area contributed by atoms with E-state index in [4.69, 9.17) is 30.9 Å². The molecule has 10 heteroatoms. The Labute approximate surface area is 209 Å². The van der Waals surface area contributed by atoms with Crippen molar-refractivity contribution in [3.63, 3.8) is 0 Å². The average molecular weight is 511 g/mol. The van der Waals surface area contributed by atoms with Gasteiger partial charge in [-0.1, -0.05) is 11.6 Å². The second-order valence-corrected chi connectivity index (χ2v) is 9.30. The SMILES string of the molecule is COc1ccc(OCc2c(Cl)cc(F)cc2C(C)NCCN(CC(=O)O)C(=O)OC(C)(C)C)cc1. The maximum absolute atomic E-state index is 14.2. The molecule has 0 radical (unpaired) electrons. The number of carboxylic acids is 1. The van der Waals surface area contributed by atoms with E-state index < -0.39 is 30.0 Å². The molecule has 2 aromatic rings. The maximum atomic E-state index is 14.2. The molecular weight excluding hydrogens is 479 g/mol. The highest BCUT2D eigenvalue weighted by Crippen LogP contribution is 2.29. The number of benzene rings is 2.